The van der Waals surface area contributed by atoms with Gasteiger partial charge >= 0.3 is 0 Å². The van der Waals surface area contributed by atoms with Crippen molar-refractivity contribution in [2.45, 2.75) is 32.3 Å². The predicted molar refractivity (Wildman–Crippen MR) is 81.4 cm³/mol. The van der Waals surface area contributed by atoms with Crippen LogP contribution in [-0.4, -0.2) is 35.8 Å². The molecular formula is C17H21FN2O2. The van der Waals surface area contributed by atoms with Crippen molar-refractivity contribution in [2.24, 2.45) is 0 Å². The Morgan fingerprint density at radius 2 is 2.00 bits per heavy atom. The van der Waals surface area contributed by atoms with Crippen LogP contribution in [0.15, 0.2) is 34.9 Å². The molecule has 0 spiro atoms. The highest BCUT2D eigenvalue weighted by molar-refractivity contribution is 5.22. The lowest BCUT2D eigenvalue weighted by atomic mass is 10.1. The topological polar surface area (TPSA) is 38.5 Å². The van der Waals surface area contributed by atoms with E-state index in [9.17, 15) is 4.39 Å². The first-order chi connectivity index (χ1) is 10.7. The highest BCUT2D eigenvalue weighted by Crippen LogP contribution is 2.19. The molecule has 1 aromatic heterocycles. The van der Waals surface area contributed by atoms with Gasteiger partial charge in [-0.2, -0.15) is 0 Å². The minimum atomic E-state index is -0.232. The van der Waals surface area contributed by atoms with Crippen LogP contribution >= 0.6 is 0 Å². The molecule has 1 aliphatic rings. The third kappa shape index (κ3) is 4.07. The van der Waals surface area contributed by atoms with E-state index in [-0.39, 0.29) is 11.9 Å². The summed E-state index contributed by atoms with van der Waals surface area (Å²) in [5.41, 5.74) is 0.932. The second kappa shape index (κ2) is 6.92. The first-order valence-corrected chi connectivity index (χ1v) is 7.76. The molecule has 3 rings (SSSR count). The third-order valence-electron chi connectivity index (χ3n) is 4.00. The number of ether oxygens (including phenoxy) is 1. The van der Waals surface area contributed by atoms with Crippen LogP contribution in [0.4, 0.5) is 4.39 Å². The van der Waals surface area contributed by atoms with E-state index in [0.29, 0.717) is 0 Å². The van der Waals surface area contributed by atoms with Gasteiger partial charge in [-0.25, -0.2) is 4.39 Å². The molecule has 1 fully saturated rings. The van der Waals surface area contributed by atoms with Crippen molar-refractivity contribution in [1.29, 1.82) is 0 Å². The van der Waals surface area contributed by atoms with E-state index in [1.165, 1.54) is 12.1 Å². The van der Waals surface area contributed by atoms with Gasteiger partial charge in [-0.1, -0.05) is 5.16 Å². The quantitative estimate of drug-likeness (QED) is 0.850. The molecule has 0 saturated carbocycles. The summed E-state index contributed by atoms with van der Waals surface area (Å²) in [5, 5.41) is 3.91. The first kappa shape index (κ1) is 15.0. The van der Waals surface area contributed by atoms with Crippen LogP contribution in [-0.2, 0) is 6.42 Å². The molecule has 118 valence electrons. The van der Waals surface area contributed by atoms with E-state index < -0.39 is 0 Å². The largest absolute Gasteiger partial charge is 0.490 e. The number of likely N-dealkylation sites (tertiary alicyclic amines) is 1. The molecule has 0 bridgehead atoms. The highest BCUT2D eigenvalue weighted by atomic mass is 19.1. The number of nitrogens with zero attached hydrogens (tertiary/aromatic N) is 2. The van der Waals surface area contributed by atoms with Crippen LogP contribution in [0.5, 0.6) is 5.75 Å². The fraction of sp³-hybridized carbons (Fsp3) is 0.471. The van der Waals surface area contributed by atoms with Crippen molar-refractivity contribution in [3.8, 4) is 5.75 Å². The van der Waals surface area contributed by atoms with Gasteiger partial charge in [-0.3, -0.25) is 0 Å². The predicted octanol–water partition coefficient (Wildman–Crippen LogP) is 3.21. The number of aryl methyl sites for hydroxylation is 1. The third-order valence-corrected chi connectivity index (χ3v) is 4.00. The lowest BCUT2D eigenvalue weighted by Crippen LogP contribution is -2.39. The zero-order valence-corrected chi connectivity index (χ0v) is 12.8. The normalized spacial score (nSPS) is 16.8. The standard InChI is InChI=1S/C17H21FN2O2/c1-13-12-17(22-19-13)8-11-20-9-6-16(7-10-20)21-15-4-2-14(18)3-5-15/h2-5,12,16H,6-11H2,1H3. The number of halogens is 1. The van der Waals surface area contributed by atoms with E-state index in [4.69, 9.17) is 9.26 Å². The van der Waals surface area contributed by atoms with Gasteiger partial charge in [-0.15, -0.1) is 0 Å². The monoisotopic (exact) mass is 304 g/mol. The molecule has 1 saturated heterocycles. The molecule has 0 unspecified atom stereocenters. The van der Waals surface area contributed by atoms with Crippen LogP contribution in [0.1, 0.15) is 24.3 Å². The van der Waals surface area contributed by atoms with Crippen LogP contribution < -0.4 is 4.74 Å². The van der Waals surface area contributed by atoms with E-state index in [1.807, 2.05) is 13.0 Å². The first-order valence-electron chi connectivity index (χ1n) is 7.76. The minimum absolute atomic E-state index is 0.217. The Labute approximate surface area is 129 Å². The van der Waals surface area contributed by atoms with Crippen LogP contribution in [0.3, 0.4) is 0 Å². The lowest BCUT2D eigenvalue weighted by molar-refractivity contribution is 0.100. The van der Waals surface area contributed by atoms with Crippen molar-refractivity contribution in [2.75, 3.05) is 19.6 Å². The van der Waals surface area contributed by atoms with E-state index >= 15 is 0 Å². The molecule has 4 nitrogen and oxygen atoms in total. The Hall–Kier alpha value is -1.88. The van der Waals surface area contributed by atoms with Crippen molar-refractivity contribution in [1.82, 2.24) is 10.1 Å². The second-order valence-corrected chi connectivity index (χ2v) is 5.80. The van der Waals surface area contributed by atoms with Crippen LogP contribution in [0.2, 0.25) is 0 Å². The minimum Gasteiger partial charge on any atom is -0.490 e. The maximum absolute atomic E-state index is 12.9. The molecule has 2 aromatic rings. The van der Waals surface area contributed by atoms with E-state index in [2.05, 4.69) is 10.1 Å². The summed E-state index contributed by atoms with van der Waals surface area (Å²) in [6.07, 6.45) is 3.10. The molecule has 2 heterocycles. The zero-order chi connectivity index (χ0) is 15.4. The average molecular weight is 304 g/mol. The highest BCUT2D eigenvalue weighted by Gasteiger charge is 2.20. The van der Waals surface area contributed by atoms with Gasteiger partial charge in [0.25, 0.3) is 0 Å². The molecule has 0 amide bonds. The van der Waals surface area contributed by atoms with Gasteiger partial charge in [0, 0.05) is 32.1 Å². The summed E-state index contributed by atoms with van der Waals surface area (Å²) < 4.78 is 24.0. The number of benzene rings is 1. The Kier molecular flexibility index (Phi) is 4.73. The molecule has 0 atom stereocenters. The Morgan fingerprint density at radius 1 is 1.27 bits per heavy atom. The van der Waals surface area contributed by atoms with Crippen molar-refractivity contribution < 1.29 is 13.7 Å². The van der Waals surface area contributed by atoms with Gasteiger partial charge in [0.15, 0.2) is 0 Å². The molecular weight excluding hydrogens is 283 g/mol. The summed E-state index contributed by atoms with van der Waals surface area (Å²) in [4.78, 5) is 2.42. The maximum Gasteiger partial charge on any atom is 0.138 e. The van der Waals surface area contributed by atoms with Gasteiger partial charge < -0.3 is 14.2 Å². The van der Waals surface area contributed by atoms with Crippen LogP contribution in [0, 0.1) is 12.7 Å². The molecule has 1 aliphatic heterocycles. The molecule has 0 radical (unpaired) electrons. The second-order valence-electron chi connectivity index (χ2n) is 5.80. The fourth-order valence-corrected chi connectivity index (χ4v) is 2.76. The number of piperidine rings is 1. The summed E-state index contributed by atoms with van der Waals surface area (Å²) in [6.45, 7) is 4.95. The van der Waals surface area contributed by atoms with Crippen molar-refractivity contribution >= 4 is 0 Å². The average Bonchev–Trinajstić information content (AvgIpc) is 2.94. The fourth-order valence-electron chi connectivity index (χ4n) is 2.76. The number of aromatic nitrogens is 1. The summed E-state index contributed by atoms with van der Waals surface area (Å²) in [5.74, 6) is 1.46. The zero-order valence-electron chi connectivity index (χ0n) is 12.8. The number of hydrogen-bond donors (Lipinski definition) is 0. The summed E-state index contributed by atoms with van der Waals surface area (Å²) >= 11 is 0. The Morgan fingerprint density at radius 3 is 2.64 bits per heavy atom. The van der Waals surface area contributed by atoms with Crippen molar-refractivity contribution in [3.63, 3.8) is 0 Å². The Bertz CT molecular complexity index is 589. The van der Waals surface area contributed by atoms with Gasteiger partial charge in [0.1, 0.15) is 23.4 Å². The number of hydrogen-bond acceptors (Lipinski definition) is 4. The smallest absolute Gasteiger partial charge is 0.138 e. The van der Waals surface area contributed by atoms with E-state index in [0.717, 1.165) is 56.1 Å². The molecule has 1 aromatic carbocycles. The van der Waals surface area contributed by atoms with E-state index in [1.54, 1.807) is 12.1 Å². The SMILES string of the molecule is Cc1cc(CCN2CCC(Oc3ccc(F)cc3)CC2)on1. The maximum atomic E-state index is 12.9. The molecule has 0 N–H and O–H groups in total. The molecule has 22 heavy (non-hydrogen) atoms. The van der Waals surface area contributed by atoms with Gasteiger partial charge in [0.05, 0.1) is 5.69 Å². The summed E-state index contributed by atoms with van der Waals surface area (Å²) in [7, 11) is 0. The van der Waals surface area contributed by atoms with Gasteiger partial charge in [0.2, 0.25) is 0 Å². The molecule has 0 aliphatic carbocycles. The van der Waals surface area contributed by atoms with Gasteiger partial charge in [-0.05, 0) is 44.0 Å². The summed E-state index contributed by atoms with van der Waals surface area (Å²) in [6, 6.07) is 8.24. The van der Waals surface area contributed by atoms with Crippen molar-refractivity contribution in [3.05, 3.63) is 47.6 Å². The Balaban J connectivity index is 1.41. The lowest BCUT2D eigenvalue weighted by Gasteiger charge is -2.31. The number of rotatable bonds is 5. The van der Waals surface area contributed by atoms with Crippen LogP contribution in [0.25, 0.3) is 0 Å². The molecule has 5 heteroatoms.